The first-order chi connectivity index (χ1) is 9.69. The topological polar surface area (TPSA) is 50.9 Å². The highest BCUT2D eigenvalue weighted by Gasteiger charge is 2.34. The molecule has 0 saturated heterocycles. The van der Waals surface area contributed by atoms with Crippen molar-refractivity contribution in [2.24, 2.45) is 5.73 Å². The minimum Gasteiger partial charge on any atom is -0.389 e. The number of nitrogens with one attached hydrogen (secondary N) is 1. The van der Waals surface area contributed by atoms with Gasteiger partial charge in [0.15, 0.2) is 0 Å². The highest BCUT2D eigenvalue weighted by atomic mass is 32.1. The van der Waals surface area contributed by atoms with Gasteiger partial charge in [0.05, 0.1) is 5.56 Å². The number of halogens is 3. The van der Waals surface area contributed by atoms with E-state index in [0.29, 0.717) is 5.56 Å². The number of hydrogen-bond donors (Lipinski definition) is 2. The van der Waals surface area contributed by atoms with Crippen LogP contribution in [0.25, 0.3) is 0 Å². The van der Waals surface area contributed by atoms with Crippen molar-refractivity contribution in [3.05, 3.63) is 23.4 Å². The number of pyridine rings is 1. The average molecular weight is 319 g/mol. The lowest BCUT2D eigenvalue weighted by atomic mass is 9.89. The molecule has 0 aliphatic carbocycles. The Morgan fingerprint density at radius 2 is 1.71 bits per heavy atom. The normalized spacial score (nSPS) is 12.3. The van der Waals surface area contributed by atoms with Gasteiger partial charge in [0.1, 0.15) is 16.5 Å². The fourth-order valence-corrected chi connectivity index (χ4v) is 2.34. The molecule has 0 atom stereocenters. The number of nitrogens with two attached hydrogens (primary N) is 1. The molecular formula is C14H20F3N3S. The summed E-state index contributed by atoms with van der Waals surface area (Å²) in [6.45, 7) is 5.94. The highest BCUT2D eigenvalue weighted by Crippen LogP contribution is 2.32. The summed E-state index contributed by atoms with van der Waals surface area (Å²) in [5.41, 5.74) is 4.64. The van der Waals surface area contributed by atoms with E-state index in [-0.39, 0.29) is 16.3 Å². The third-order valence-corrected chi connectivity index (χ3v) is 4.08. The monoisotopic (exact) mass is 319 g/mol. The molecule has 0 radical (unpaired) electrons. The molecule has 21 heavy (non-hydrogen) atoms. The van der Waals surface area contributed by atoms with Crippen molar-refractivity contribution in [2.45, 2.75) is 51.7 Å². The number of anilines is 1. The van der Waals surface area contributed by atoms with Crippen LogP contribution in [0.3, 0.4) is 0 Å². The van der Waals surface area contributed by atoms with Gasteiger partial charge in [-0.2, -0.15) is 13.2 Å². The van der Waals surface area contributed by atoms with E-state index in [2.05, 4.69) is 10.3 Å². The number of nitrogens with zero attached hydrogens (tertiary/aromatic N) is 1. The van der Waals surface area contributed by atoms with E-state index in [0.717, 1.165) is 25.3 Å². The third kappa shape index (κ3) is 4.06. The average Bonchev–Trinajstić information content (AvgIpc) is 2.43. The predicted octanol–water partition coefficient (Wildman–Crippen LogP) is 4.12. The summed E-state index contributed by atoms with van der Waals surface area (Å²) in [7, 11) is 0. The van der Waals surface area contributed by atoms with Gasteiger partial charge < -0.3 is 11.1 Å². The van der Waals surface area contributed by atoms with E-state index in [1.165, 1.54) is 6.07 Å². The lowest BCUT2D eigenvalue weighted by molar-refractivity contribution is -0.141. The zero-order valence-corrected chi connectivity index (χ0v) is 13.2. The molecule has 0 amide bonds. The number of alkyl halides is 3. The maximum Gasteiger partial charge on any atom is 0.433 e. The first kappa shape index (κ1) is 17.7. The molecular weight excluding hydrogens is 299 g/mol. The van der Waals surface area contributed by atoms with E-state index in [4.69, 9.17) is 18.0 Å². The van der Waals surface area contributed by atoms with Crippen LogP contribution >= 0.6 is 12.2 Å². The van der Waals surface area contributed by atoms with E-state index in [1.54, 1.807) is 0 Å². The SMILES string of the molecule is CCC(CC)(CC)Nc1nc(C(F)(F)F)ccc1C(N)=S. The van der Waals surface area contributed by atoms with Crippen LogP contribution in [0, 0.1) is 0 Å². The van der Waals surface area contributed by atoms with E-state index < -0.39 is 11.9 Å². The molecule has 0 spiro atoms. The van der Waals surface area contributed by atoms with Crippen molar-refractivity contribution in [3.8, 4) is 0 Å². The Morgan fingerprint density at radius 3 is 2.10 bits per heavy atom. The molecule has 3 nitrogen and oxygen atoms in total. The van der Waals surface area contributed by atoms with Gasteiger partial charge in [0.25, 0.3) is 0 Å². The molecule has 0 unspecified atom stereocenters. The summed E-state index contributed by atoms with van der Waals surface area (Å²) in [4.78, 5) is 3.71. The number of aromatic nitrogens is 1. The Bertz CT molecular complexity index is 502. The second-order valence-corrected chi connectivity index (χ2v) is 5.36. The Kier molecular flexibility index (Phi) is 5.55. The van der Waals surface area contributed by atoms with E-state index >= 15 is 0 Å². The first-order valence-corrected chi connectivity index (χ1v) is 7.26. The van der Waals surface area contributed by atoms with Crippen molar-refractivity contribution in [1.29, 1.82) is 0 Å². The van der Waals surface area contributed by atoms with Gasteiger partial charge in [-0.3, -0.25) is 0 Å². The maximum atomic E-state index is 12.8. The van der Waals surface area contributed by atoms with Crippen LogP contribution in [0.4, 0.5) is 19.0 Å². The van der Waals surface area contributed by atoms with Crippen molar-refractivity contribution < 1.29 is 13.2 Å². The van der Waals surface area contributed by atoms with Crippen LogP contribution in [0.2, 0.25) is 0 Å². The van der Waals surface area contributed by atoms with Crippen LogP contribution < -0.4 is 11.1 Å². The molecule has 0 saturated carbocycles. The van der Waals surface area contributed by atoms with Crippen LogP contribution in [0.15, 0.2) is 12.1 Å². The molecule has 0 aliphatic rings. The van der Waals surface area contributed by atoms with Crippen LogP contribution in [-0.2, 0) is 6.18 Å². The Morgan fingerprint density at radius 1 is 1.19 bits per heavy atom. The third-order valence-electron chi connectivity index (χ3n) is 3.87. The number of rotatable bonds is 6. The molecule has 0 aliphatic heterocycles. The Balaban J connectivity index is 3.33. The quantitative estimate of drug-likeness (QED) is 0.775. The van der Waals surface area contributed by atoms with Gasteiger partial charge in [0.2, 0.25) is 0 Å². The predicted molar refractivity (Wildman–Crippen MR) is 82.4 cm³/mol. The first-order valence-electron chi connectivity index (χ1n) is 6.85. The van der Waals surface area contributed by atoms with Gasteiger partial charge in [-0.05, 0) is 31.4 Å². The Labute approximate surface area is 128 Å². The summed E-state index contributed by atoms with van der Waals surface area (Å²) >= 11 is 4.90. The lowest BCUT2D eigenvalue weighted by Crippen LogP contribution is -2.37. The largest absolute Gasteiger partial charge is 0.433 e. The highest BCUT2D eigenvalue weighted by molar-refractivity contribution is 7.80. The molecule has 3 N–H and O–H groups in total. The van der Waals surface area contributed by atoms with Crippen LogP contribution in [0.5, 0.6) is 0 Å². The number of thiocarbonyl (C=S) groups is 1. The number of hydrogen-bond acceptors (Lipinski definition) is 3. The minimum absolute atomic E-state index is 0.0240. The van der Waals surface area contributed by atoms with Gasteiger partial charge in [-0.1, -0.05) is 33.0 Å². The van der Waals surface area contributed by atoms with Crippen LogP contribution in [0.1, 0.15) is 51.3 Å². The molecule has 1 heterocycles. The molecule has 7 heteroatoms. The summed E-state index contributed by atoms with van der Waals surface area (Å²) < 4.78 is 38.5. The minimum atomic E-state index is -4.50. The standard InChI is InChI=1S/C14H20F3N3S/c1-4-13(5-2,6-3)20-12-9(11(18)21)7-8-10(19-12)14(15,16)17/h7-8H,4-6H2,1-3H3,(H2,18,21)(H,19,20). The second-order valence-electron chi connectivity index (χ2n) is 4.92. The van der Waals surface area contributed by atoms with E-state index in [1.807, 2.05) is 20.8 Å². The summed E-state index contributed by atoms with van der Waals surface area (Å²) in [6.07, 6.45) is -2.23. The van der Waals surface area contributed by atoms with Crippen molar-refractivity contribution in [1.82, 2.24) is 4.98 Å². The summed E-state index contributed by atoms with van der Waals surface area (Å²) in [6, 6.07) is 2.16. The maximum absolute atomic E-state index is 12.8. The van der Waals surface area contributed by atoms with Gasteiger partial charge in [-0.25, -0.2) is 4.98 Å². The molecule has 1 aromatic rings. The molecule has 118 valence electrons. The van der Waals surface area contributed by atoms with Crippen LogP contribution in [-0.4, -0.2) is 15.5 Å². The molecule has 0 aromatic carbocycles. The zero-order valence-electron chi connectivity index (χ0n) is 12.3. The second kappa shape index (κ2) is 6.60. The fraction of sp³-hybridized carbons (Fsp3) is 0.571. The van der Waals surface area contributed by atoms with Gasteiger partial charge >= 0.3 is 6.18 Å². The van der Waals surface area contributed by atoms with Crippen molar-refractivity contribution in [2.75, 3.05) is 5.32 Å². The smallest absolute Gasteiger partial charge is 0.389 e. The van der Waals surface area contributed by atoms with Crippen molar-refractivity contribution >= 4 is 23.0 Å². The molecule has 1 rings (SSSR count). The molecule has 1 aromatic heterocycles. The van der Waals surface area contributed by atoms with Gasteiger partial charge in [-0.15, -0.1) is 0 Å². The summed E-state index contributed by atoms with van der Waals surface area (Å²) in [5.74, 6) is 0.0999. The fourth-order valence-electron chi connectivity index (χ4n) is 2.18. The van der Waals surface area contributed by atoms with Crippen molar-refractivity contribution in [3.63, 3.8) is 0 Å². The molecule has 0 bridgehead atoms. The molecule has 0 fully saturated rings. The van der Waals surface area contributed by atoms with E-state index in [9.17, 15) is 13.2 Å². The Hall–Kier alpha value is -1.37. The zero-order chi connectivity index (χ0) is 16.3. The van der Waals surface area contributed by atoms with Gasteiger partial charge in [0, 0.05) is 5.54 Å². The summed E-state index contributed by atoms with van der Waals surface area (Å²) in [5, 5.41) is 3.13. The lowest BCUT2D eigenvalue weighted by Gasteiger charge is -2.33.